The predicted octanol–water partition coefficient (Wildman–Crippen LogP) is 0.315. The maximum atomic E-state index is 10.7. The highest BCUT2D eigenvalue weighted by Crippen LogP contribution is 2.24. The highest BCUT2D eigenvalue weighted by atomic mass is 16.6. The first-order valence-corrected chi connectivity index (χ1v) is 17.2. The molecular formula is C37H58O20. The van der Waals surface area contributed by atoms with Crippen molar-refractivity contribution in [1.82, 2.24) is 0 Å². The van der Waals surface area contributed by atoms with E-state index in [1.54, 1.807) is 0 Å². The molecule has 2 aliphatic rings. The van der Waals surface area contributed by atoms with Crippen LogP contribution in [0.1, 0.15) is 74.9 Å². The van der Waals surface area contributed by atoms with Crippen molar-refractivity contribution in [3.63, 3.8) is 0 Å². The number of rotatable bonds is 8. The first kappa shape index (κ1) is 56.2. The van der Waals surface area contributed by atoms with Gasteiger partial charge in [0.25, 0.3) is 0 Å². The van der Waals surface area contributed by atoms with Crippen LogP contribution in [-0.2, 0) is 71.5 Å². The third-order valence-electron chi connectivity index (χ3n) is 7.38. The molecule has 326 valence electrons. The first-order valence-electron chi connectivity index (χ1n) is 17.2. The van der Waals surface area contributed by atoms with Gasteiger partial charge in [0.2, 0.25) is 0 Å². The van der Waals surface area contributed by atoms with Gasteiger partial charge in [-0.1, -0.05) is 0 Å². The van der Waals surface area contributed by atoms with Crippen LogP contribution in [-0.4, -0.2) is 143 Å². The van der Waals surface area contributed by atoms with Gasteiger partial charge < -0.3 is 58.7 Å². The van der Waals surface area contributed by atoms with Crippen LogP contribution in [0, 0.1) is 41.5 Å². The van der Waals surface area contributed by atoms with Crippen molar-refractivity contribution in [3.8, 4) is 0 Å². The fourth-order valence-corrected chi connectivity index (χ4v) is 3.52. The number of ether oxygens (including phenoxy) is 7. The highest BCUT2D eigenvalue weighted by Gasteiger charge is 2.32. The molecule has 0 aliphatic carbocycles. The number of carboxylic acids is 1. The fraction of sp³-hybridized carbons (Fsp3) is 0.622. The van der Waals surface area contributed by atoms with Crippen molar-refractivity contribution in [2.75, 3.05) is 39.6 Å². The quantitative estimate of drug-likeness (QED) is 0.174. The number of cyclic esters (lactones) is 4. The smallest absolute Gasteiger partial charge is 0.347 e. The lowest BCUT2D eigenvalue weighted by atomic mass is 9.90. The van der Waals surface area contributed by atoms with Gasteiger partial charge in [-0.15, -0.1) is 0 Å². The Morgan fingerprint density at radius 3 is 1.09 bits per heavy atom. The second-order valence-electron chi connectivity index (χ2n) is 12.1. The lowest BCUT2D eigenvalue weighted by Crippen LogP contribution is -2.40. The lowest BCUT2D eigenvalue weighted by molar-refractivity contribution is -0.191. The topological polar surface area (TPSA) is 302 Å². The third-order valence-corrected chi connectivity index (χ3v) is 7.38. The van der Waals surface area contributed by atoms with Crippen LogP contribution in [0.5, 0.6) is 0 Å². The normalized spacial score (nSPS) is 15.8. The molecule has 2 fully saturated rings. The van der Waals surface area contributed by atoms with Gasteiger partial charge in [-0.2, -0.15) is 0 Å². The van der Waals surface area contributed by atoms with E-state index in [-0.39, 0.29) is 39.6 Å². The second kappa shape index (κ2) is 30.0. The molecule has 20 heteroatoms. The van der Waals surface area contributed by atoms with Gasteiger partial charge in [0.05, 0.1) is 13.2 Å². The van der Waals surface area contributed by atoms with Crippen molar-refractivity contribution in [3.05, 3.63) is 33.4 Å². The van der Waals surface area contributed by atoms with Crippen LogP contribution < -0.4 is 0 Å². The zero-order valence-corrected chi connectivity index (χ0v) is 34.5. The van der Waals surface area contributed by atoms with E-state index in [2.05, 4.69) is 70.0 Å². The average Bonchev–Trinajstić information content (AvgIpc) is 3.14. The molecule has 3 atom stereocenters. The van der Waals surface area contributed by atoms with Gasteiger partial charge in [-0.25, -0.2) is 24.0 Å². The summed E-state index contributed by atoms with van der Waals surface area (Å²) in [4.78, 5) is 82.6. The van der Waals surface area contributed by atoms with Crippen molar-refractivity contribution in [2.24, 2.45) is 0 Å². The summed E-state index contributed by atoms with van der Waals surface area (Å²) < 4.78 is 31.8. The molecule has 2 saturated heterocycles. The number of carbonyl (C=O) groups excluding carboxylic acids is 7. The number of carbonyl (C=O) groups is 8. The molecule has 0 saturated carbocycles. The van der Waals surface area contributed by atoms with Gasteiger partial charge in [0.1, 0.15) is 25.4 Å². The van der Waals surface area contributed by atoms with E-state index in [0.717, 1.165) is 0 Å². The van der Waals surface area contributed by atoms with Crippen molar-refractivity contribution in [1.29, 1.82) is 0 Å². The Labute approximate surface area is 331 Å². The van der Waals surface area contributed by atoms with E-state index in [1.165, 1.54) is 74.9 Å². The van der Waals surface area contributed by atoms with Crippen LogP contribution >= 0.6 is 0 Å². The Balaban J connectivity index is -0.000000633. The predicted molar refractivity (Wildman–Crippen MR) is 196 cm³/mol. The lowest BCUT2D eigenvalue weighted by Gasteiger charge is -2.22. The van der Waals surface area contributed by atoms with E-state index in [4.69, 9.17) is 30.3 Å². The van der Waals surface area contributed by atoms with Gasteiger partial charge in [-0.3, -0.25) is 14.4 Å². The molecule has 1 aromatic rings. The van der Waals surface area contributed by atoms with Gasteiger partial charge in [0, 0.05) is 20.8 Å². The molecular weight excluding hydrogens is 764 g/mol. The second-order valence-corrected chi connectivity index (χ2v) is 12.1. The van der Waals surface area contributed by atoms with E-state index in [9.17, 15) is 38.4 Å². The number of esters is 7. The molecule has 5 N–H and O–H groups in total. The highest BCUT2D eigenvalue weighted by molar-refractivity contribution is 5.86. The van der Waals surface area contributed by atoms with Crippen LogP contribution in [0.15, 0.2) is 0 Å². The summed E-state index contributed by atoms with van der Waals surface area (Å²) in [5, 5.41) is 39.8. The summed E-state index contributed by atoms with van der Waals surface area (Å²) in [6.07, 6.45) is -4.43. The van der Waals surface area contributed by atoms with Crippen LogP contribution in [0.3, 0.4) is 0 Å². The van der Waals surface area contributed by atoms with E-state index in [0.29, 0.717) is 0 Å². The monoisotopic (exact) mass is 822 g/mol. The van der Waals surface area contributed by atoms with Gasteiger partial charge in [-0.05, 0) is 95.7 Å². The molecule has 2 heterocycles. The van der Waals surface area contributed by atoms with E-state index in [1.807, 2.05) is 0 Å². The zero-order chi connectivity index (χ0) is 45.2. The number of aliphatic hydroxyl groups is 4. The average molecular weight is 823 g/mol. The fourth-order valence-electron chi connectivity index (χ4n) is 3.52. The molecule has 0 aromatic heterocycles. The molecule has 0 amide bonds. The molecule has 0 bridgehead atoms. The van der Waals surface area contributed by atoms with Crippen molar-refractivity contribution in [2.45, 2.75) is 114 Å². The minimum atomic E-state index is -1.23. The largest absolute Gasteiger partial charge is 0.479 e. The number of carboxylic acid groups (broad SMARTS) is 1. The number of aliphatic carboxylic acids is 1. The van der Waals surface area contributed by atoms with E-state index >= 15 is 0 Å². The van der Waals surface area contributed by atoms with Crippen LogP contribution in [0.25, 0.3) is 0 Å². The SMILES string of the molecule is CC(=O)OCC(COC(C)=O)OC(C)=O.CC(O)C(=O)O.CC1OC(=O)C(C)OC1=O.Cc1c(C)c(C)c(C)c(C)c1C.O=C1COC(=O)CO1.OCC(O)CO. The molecule has 1 aromatic carbocycles. The Kier molecular flexibility index (Phi) is 29.6. The number of hydrogen-bond acceptors (Lipinski definition) is 19. The Morgan fingerprint density at radius 1 is 0.632 bits per heavy atom. The van der Waals surface area contributed by atoms with E-state index < -0.39 is 78.3 Å². The Morgan fingerprint density at radius 2 is 0.912 bits per heavy atom. The third kappa shape index (κ3) is 27.1. The minimum absolute atomic E-state index is 0.123. The Bertz CT molecular complexity index is 1310. The molecule has 3 unspecified atom stereocenters. The van der Waals surface area contributed by atoms with Crippen LogP contribution in [0.4, 0.5) is 0 Å². The summed E-state index contributed by atoms with van der Waals surface area (Å²) in [5.74, 6) is -4.62. The summed E-state index contributed by atoms with van der Waals surface area (Å²) >= 11 is 0. The van der Waals surface area contributed by atoms with Crippen LogP contribution in [0.2, 0.25) is 0 Å². The molecule has 0 spiro atoms. The first-order chi connectivity index (χ1) is 26.2. The molecule has 20 nitrogen and oxygen atoms in total. The number of hydrogen-bond donors (Lipinski definition) is 5. The number of benzene rings is 1. The maximum absolute atomic E-state index is 10.7. The summed E-state index contributed by atoms with van der Waals surface area (Å²) in [7, 11) is 0. The number of aliphatic hydroxyl groups excluding tert-OH is 4. The zero-order valence-electron chi connectivity index (χ0n) is 34.5. The molecule has 57 heavy (non-hydrogen) atoms. The van der Waals surface area contributed by atoms with Gasteiger partial charge in [0.15, 0.2) is 31.5 Å². The summed E-state index contributed by atoms with van der Waals surface area (Å²) in [6.45, 7) is 19.7. The maximum Gasteiger partial charge on any atom is 0.347 e. The summed E-state index contributed by atoms with van der Waals surface area (Å²) in [6, 6.07) is 0. The molecule has 0 radical (unpaired) electrons. The summed E-state index contributed by atoms with van der Waals surface area (Å²) in [5.41, 5.74) is 8.73. The van der Waals surface area contributed by atoms with Gasteiger partial charge >= 0.3 is 47.8 Å². The minimum Gasteiger partial charge on any atom is -0.479 e. The Hall–Kier alpha value is -5.18. The molecule has 3 rings (SSSR count). The molecule has 2 aliphatic heterocycles. The van der Waals surface area contributed by atoms with Crippen molar-refractivity contribution < 1.29 is 97.0 Å². The van der Waals surface area contributed by atoms with Crippen molar-refractivity contribution >= 4 is 47.8 Å². The standard InChI is InChI=1S/C12H18.C9H14O6.C6H8O4.C4H4O4.C3H8O3.C3H6O3/c1-7-8(2)10(4)12(6)11(5)9(7)3;1-6(10)13-4-9(15-8(3)12)5-14-7(2)11;1-3-5(7)10-4(2)6(8)9-3;5-3-1-7-4(6)2-8-3;4-1-3(6)2-5;1-2(4)3(5)6/h1-6H3;9H,4-5H2,1-3H3;3-4H,1-2H3;1-2H2;3-6H,1-2H2;2,4H,1H3,(H,5,6).